The van der Waals surface area contributed by atoms with Crippen LogP contribution in [0.1, 0.15) is 12.8 Å². The van der Waals surface area contributed by atoms with Crippen LogP contribution in [0.3, 0.4) is 0 Å². The van der Waals surface area contributed by atoms with Gasteiger partial charge < -0.3 is 5.11 Å². The van der Waals surface area contributed by atoms with Gasteiger partial charge in [-0.15, -0.1) is 0 Å². The Morgan fingerprint density at radius 1 is 1.71 bits per heavy atom. The van der Waals surface area contributed by atoms with Crippen LogP contribution in [-0.2, 0) is 0 Å². The van der Waals surface area contributed by atoms with Crippen molar-refractivity contribution >= 4 is 0 Å². The lowest BCUT2D eigenvalue weighted by molar-refractivity contribution is 0.200. The zero-order chi connectivity index (χ0) is 5.28. The number of aliphatic hydroxyl groups is 1. The highest BCUT2D eigenvalue weighted by molar-refractivity contribution is 4.89. The predicted molar refractivity (Wildman–Crippen MR) is 27.6 cm³/mol. The molecule has 7 heavy (non-hydrogen) atoms. The van der Waals surface area contributed by atoms with Crippen molar-refractivity contribution in [2.45, 2.75) is 18.9 Å². The maximum atomic E-state index is 8.82. The van der Waals surface area contributed by atoms with E-state index in [0.717, 1.165) is 12.8 Å². The van der Waals surface area contributed by atoms with E-state index in [4.69, 9.17) is 11.7 Å². The second-order valence-electron chi connectivity index (χ2n) is 2.02. The van der Waals surface area contributed by atoms with Crippen LogP contribution in [0.25, 0.3) is 0 Å². The molecule has 1 nitrogen and oxygen atoms in total. The Bertz CT molecular complexity index is 74.2. The standard InChI is InChI=1S/C6H9O/c1-2-6(7)5-3-4-5/h1-2,5-7H,3-4H2. The molecule has 1 rings (SSSR count). The molecule has 1 heteroatoms. The Labute approximate surface area is 43.7 Å². The van der Waals surface area contributed by atoms with Crippen LogP contribution in [0.5, 0.6) is 0 Å². The molecule has 0 aromatic rings. The summed E-state index contributed by atoms with van der Waals surface area (Å²) in [5.41, 5.74) is 0. The second kappa shape index (κ2) is 1.66. The summed E-state index contributed by atoms with van der Waals surface area (Å²) >= 11 is 0. The first kappa shape index (κ1) is 4.85. The van der Waals surface area contributed by atoms with Crippen molar-refractivity contribution in [3.8, 4) is 0 Å². The highest BCUT2D eigenvalue weighted by Crippen LogP contribution is 2.32. The predicted octanol–water partition coefficient (Wildman–Crippen LogP) is 0.746. The molecule has 0 spiro atoms. The minimum absolute atomic E-state index is 0.333. The molecule has 1 fully saturated rings. The van der Waals surface area contributed by atoms with Crippen molar-refractivity contribution in [2.24, 2.45) is 5.92 Å². The Morgan fingerprint density at radius 3 is 2.43 bits per heavy atom. The fourth-order valence-corrected chi connectivity index (χ4v) is 0.595. The van der Waals surface area contributed by atoms with E-state index in [1.54, 1.807) is 0 Å². The van der Waals surface area contributed by atoms with Gasteiger partial charge in [-0.3, -0.25) is 0 Å². The fraction of sp³-hybridized carbons (Fsp3) is 0.667. The number of rotatable bonds is 2. The molecule has 1 atom stereocenters. The minimum Gasteiger partial charge on any atom is -0.389 e. The Kier molecular flexibility index (Phi) is 1.15. The number of aliphatic hydroxyl groups excluding tert-OH is 1. The SMILES string of the molecule is [CH]=CC(O)C1CC1. The van der Waals surface area contributed by atoms with E-state index < -0.39 is 0 Å². The molecule has 0 saturated heterocycles. The lowest BCUT2D eigenvalue weighted by atomic mass is 10.2. The normalized spacial score (nSPS) is 24.1. The molecule has 0 bridgehead atoms. The van der Waals surface area contributed by atoms with Crippen molar-refractivity contribution in [1.82, 2.24) is 0 Å². The average Bonchev–Trinajstić information content (AvgIpc) is 2.44. The van der Waals surface area contributed by atoms with E-state index in [-0.39, 0.29) is 6.10 Å². The Hall–Kier alpha value is -0.300. The molecule has 0 amide bonds. The minimum atomic E-state index is -0.333. The lowest BCUT2D eigenvalue weighted by Gasteiger charge is -1.96. The smallest absolute Gasteiger partial charge is 0.0752 e. The van der Waals surface area contributed by atoms with Crippen LogP contribution in [0.4, 0.5) is 0 Å². The zero-order valence-corrected chi connectivity index (χ0v) is 4.17. The van der Waals surface area contributed by atoms with E-state index in [2.05, 4.69) is 0 Å². The number of hydrogen-bond acceptors (Lipinski definition) is 1. The molecule has 0 heterocycles. The summed E-state index contributed by atoms with van der Waals surface area (Å²) in [6.07, 6.45) is 3.32. The Balaban J connectivity index is 2.22. The van der Waals surface area contributed by atoms with Crippen LogP contribution >= 0.6 is 0 Å². The van der Waals surface area contributed by atoms with Crippen molar-refractivity contribution in [3.63, 3.8) is 0 Å². The highest BCUT2D eigenvalue weighted by Gasteiger charge is 2.27. The fourth-order valence-electron chi connectivity index (χ4n) is 0.595. The van der Waals surface area contributed by atoms with Gasteiger partial charge in [0.25, 0.3) is 0 Å². The maximum absolute atomic E-state index is 8.82. The first-order chi connectivity index (χ1) is 3.34. The summed E-state index contributed by atoms with van der Waals surface area (Å²) in [4.78, 5) is 0. The molecule has 0 aliphatic heterocycles. The van der Waals surface area contributed by atoms with Crippen LogP contribution in [0.15, 0.2) is 6.08 Å². The molecule has 1 aliphatic rings. The van der Waals surface area contributed by atoms with Gasteiger partial charge in [0.1, 0.15) is 0 Å². The van der Waals surface area contributed by atoms with Crippen molar-refractivity contribution < 1.29 is 5.11 Å². The molecule has 1 N–H and O–H groups in total. The van der Waals surface area contributed by atoms with E-state index in [1.807, 2.05) is 0 Å². The van der Waals surface area contributed by atoms with Gasteiger partial charge in [-0.25, -0.2) is 0 Å². The van der Waals surface area contributed by atoms with Gasteiger partial charge in [-0.05, 0) is 18.8 Å². The third-order valence-electron chi connectivity index (χ3n) is 1.30. The van der Waals surface area contributed by atoms with E-state index in [9.17, 15) is 0 Å². The largest absolute Gasteiger partial charge is 0.389 e. The van der Waals surface area contributed by atoms with E-state index >= 15 is 0 Å². The molecular weight excluding hydrogens is 88.1 g/mol. The summed E-state index contributed by atoms with van der Waals surface area (Å²) < 4.78 is 0. The molecule has 0 aromatic heterocycles. The number of hydrogen-bond donors (Lipinski definition) is 1. The monoisotopic (exact) mass is 97.1 g/mol. The highest BCUT2D eigenvalue weighted by atomic mass is 16.3. The molecule has 0 aromatic carbocycles. The first-order valence-electron chi connectivity index (χ1n) is 2.57. The summed E-state index contributed by atoms with van der Waals surface area (Å²) in [5, 5.41) is 8.82. The van der Waals surface area contributed by atoms with Gasteiger partial charge in [0.15, 0.2) is 0 Å². The second-order valence-corrected chi connectivity index (χ2v) is 2.02. The molecular formula is C6H9O. The summed E-state index contributed by atoms with van der Waals surface area (Å²) in [6.45, 7) is 5.04. The quantitative estimate of drug-likeness (QED) is 0.539. The van der Waals surface area contributed by atoms with Crippen molar-refractivity contribution in [3.05, 3.63) is 12.7 Å². The van der Waals surface area contributed by atoms with E-state index in [0.29, 0.717) is 5.92 Å². The van der Waals surface area contributed by atoms with Crippen molar-refractivity contribution in [2.75, 3.05) is 0 Å². The average molecular weight is 97.1 g/mol. The molecule has 1 aliphatic carbocycles. The third-order valence-corrected chi connectivity index (χ3v) is 1.30. The molecule has 1 radical (unpaired) electrons. The van der Waals surface area contributed by atoms with Gasteiger partial charge in [-0.1, -0.05) is 12.7 Å². The topological polar surface area (TPSA) is 20.2 Å². The summed E-state index contributed by atoms with van der Waals surface area (Å²) in [6, 6.07) is 0. The van der Waals surface area contributed by atoms with Crippen LogP contribution < -0.4 is 0 Å². The molecule has 1 saturated carbocycles. The first-order valence-corrected chi connectivity index (χ1v) is 2.57. The van der Waals surface area contributed by atoms with Crippen LogP contribution in [0.2, 0.25) is 0 Å². The molecule has 39 valence electrons. The van der Waals surface area contributed by atoms with Crippen molar-refractivity contribution in [1.29, 1.82) is 0 Å². The van der Waals surface area contributed by atoms with Gasteiger partial charge >= 0.3 is 0 Å². The van der Waals surface area contributed by atoms with Crippen LogP contribution in [0, 0.1) is 12.5 Å². The van der Waals surface area contributed by atoms with Gasteiger partial charge in [0.2, 0.25) is 0 Å². The molecule has 1 unspecified atom stereocenters. The lowest BCUT2D eigenvalue weighted by Crippen LogP contribution is -2.02. The Morgan fingerprint density at radius 2 is 2.29 bits per heavy atom. The summed E-state index contributed by atoms with van der Waals surface area (Å²) in [5.74, 6) is 0.491. The van der Waals surface area contributed by atoms with E-state index in [1.165, 1.54) is 6.08 Å². The van der Waals surface area contributed by atoms with Gasteiger partial charge in [-0.2, -0.15) is 0 Å². The van der Waals surface area contributed by atoms with Gasteiger partial charge in [0.05, 0.1) is 6.10 Å². The summed E-state index contributed by atoms with van der Waals surface area (Å²) in [7, 11) is 0. The van der Waals surface area contributed by atoms with Gasteiger partial charge in [0, 0.05) is 0 Å². The maximum Gasteiger partial charge on any atom is 0.0752 e. The van der Waals surface area contributed by atoms with Crippen LogP contribution in [-0.4, -0.2) is 11.2 Å². The third kappa shape index (κ3) is 1.03. The zero-order valence-electron chi connectivity index (χ0n) is 4.17.